The highest BCUT2D eigenvalue weighted by Gasteiger charge is 2.30. The minimum absolute atomic E-state index is 0.104. The van der Waals surface area contributed by atoms with E-state index < -0.39 is 0 Å². The summed E-state index contributed by atoms with van der Waals surface area (Å²) < 4.78 is 3.41. The van der Waals surface area contributed by atoms with Gasteiger partial charge < -0.3 is 4.90 Å². The second-order valence-corrected chi connectivity index (χ2v) is 8.69. The van der Waals surface area contributed by atoms with Crippen LogP contribution in [0.15, 0.2) is 40.4 Å². The molecule has 4 rings (SSSR count). The quantitative estimate of drug-likeness (QED) is 0.541. The van der Waals surface area contributed by atoms with Crippen molar-refractivity contribution >= 4 is 28.7 Å². The minimum atomic E-state index is -0.167. The Morgan fingerprint density at radius 1 is 1.33 bits per heavy atom. The lowest BCUT2D eigenvalue weighted by molar-refractivity contribution is -0.131. The topological polar surface area (TPSA) is 73.0 Å². The lowest BCUT2D eigenvalue weighted by Gasteiger charge is -2.23. The highest BCUT2D eigenvalue weighted by Crippen LogP contribution is 2.33. The first kappa shape index (κ1) is 20.7. The molecule has 0 saturated heterocycles. The van der Waals surface area contributed by atoms with E-state index in [-0.39, 0.29) is 17.5 Å². The highest BCUT2D eigenvalue weighted by molar-refractivity contribution is 7.99. The monoisotopic (exact) mass is 425 g/mol. The van der Waals surface area contributed by atoms with Gasteiger partial charge in [0.05, 0.1) is 17.9 Å². The largest absolute Gasteiger partial charge is 0.343 e. The summed E-state index contributed by atoms with van der Waals surface area (Å²) in [6.45, 7) is 7.61. The molecule has 0 radical (unpaired) electrons. The van der Waals surface area contributed by atoms with E-state index in [1.54, 1.807) is 15.4 Å². The number of carbonyl (C=O) groups is 1. The molecular formula is C22H27N5O2S. The maximum atomic E-state index is 13.3. The number of aryl methyl sites for hydroxylation is 1. The molecule has 1 unspecified atom stereocenters. The van der Waals surface area contributed by atoms with Gasteiger partial charge in [0, 0.05) is 25.3 Å². The van der Waals surface area contributed by atoms with E-state index in [0.717, 1.165) is 30.6 Å². The molecule has 30 heavy (non-hydrogen) atoms. The van der Waals surface area contributed by atoms with Crippen LogP contribution in [0.2, 0.25) is 0 Å². The predicted molar refractivity (Wildman–Crippen MR) is 119 cm³/mol. The summed E-state index contributed by atoms with van der Waals surface area (Å²) in [6.07, 6.45) is 3.96. The molecule has 1 aliphatic heterocycles. The van der Waals surface area contributed by atoms with E-state index in [1.165, 1.54) is 11.8 Å². The lowest BCUT2D eigenvalue weighted by Crippen LogP contribution is -2.35. The SMILES string of the molecule is CCCCN(CC)C(=O)CC1CSc2nc3c(cnn3-c3cccc(C)c3)c(=O)n21. The van der Waals surface area contributed by atoms with Gasteiger partial charge in [-0.3, -0.25) is 14.2 Å². The molecule has 2 aromatic heterocycles. The summed E-state index contributed by atoms with van der Waals surface area (Å²) in [4.78, 5) is 32.7. The van der Waals surface area contributed by atoms with E-state index in [4.69, 9.17) is 4.98 Å². The van der Waals surface area contributed by atoms with Crippen LogP contribution in [-0.4, -0.2) is 49.0 Å². The minimum Gasteiger partial charge on any atom is -0.343 e. The third kappa shape index (κ3) is 3.76. The number of aromatic nitrogens is 4. The van der Waals surface area contributed by atoms with E-state index >= 15 is 0 Å². The Labute approximate surface area is 180 Å². The van der Waals surface area contributed by atoms with E-state index in [9.17, 15) is 9.59 Å². The van der Waals surface area contributed by atoms with E-state index in [1.807, 2.05) is 43.0 Å². The fourth-order valence-corrected chi connectivity index (χ4v) is 5.00. The van der Waals surface area contributed by atoms with Gasteiger partial charge in [-0.1, -0.05) is 37.2 Å². The number of hydrogen-bond donors (Lipinski definition) is 0. The molecule has 158 valence electrons. The number of nitrogens with zero attached hydrogens (tertiary/aromatic N) is 5. The standard InChI is InChI=1S/C22H27N5O2S/c1-4-6-10-25(5-2)19(28)12-17-14-30-22-24-20-18(21(29)26(17)22)13-23-27(20)16-9-7-8-15(3)11-16/h7-9,11,13,17H,4-6,10,12,14H2,1-3H3. The molecule has 0 fully saturated rings. The van der Waals surface area contributed by atoms with Crippen molar-refractivity contribution < 1.29 is 4.79 Å². The summed E-state index contributed by atoms with van der Waals surface area (Å²) in [7, 11) is 0. The molecule has 3 heterocycles. The first-order valence-corrected chi connectivity index (χ1v) is 11.5. The third-order valence-corrected chi connectivity index (χ3v) is 6.64. The second-order valence-electron chi connectivity index (χ2n) is 7.70. The van der Waals surface area contributed by atoms with Gasteiger partial charge in [0.15, 0.2) is 10.8 Å². The highest BCUT2D eigenvalue weighted by atomic mass is 32.2. The molecule has 1 aliphatic rings. The number of carbonyl (C=O) groups excluding carboxylic acids is 1. The molecule has 0 spiro atoms. The Hall–Kier alpha value is -2.61. The van der Waals surface area contributed by atoms with Gasteiger partial charge >= 0.3 is 0 Å². The molecular weight excluding hydrogens is 398 g/mol. The fourth-order valence-electron chi connectivity index (χ4n) is 3.87. The number of benzene rings is 1. The summed E-state index contributed by atoms with van der Waals surface area (Å²) in [5.41, 5.74) is 2.44. The van der Waals surface area contributed by atoms with Gasteiger partial charge in [0.25, 0.3) is 5.56 Å². The molecule has 0 saturated carbocycles. The third-order valence-electron chi connectivity index (χ3n) is 5.54. The summed E-state index contributed by atoms with van der Waals surface area (Å²) in [6, 6.07) is 7.79. The second kappa shape index (κ2) is 8.63. The maximum absolute atomic E-state index is 13.3. The smallest absolute Gasteiger partial charge is 0.265 e. The normalized spacial score (nSPS) is 15.5. The Morgan fingerprint density at radius 2 is 2.17 bits per heavy atom. The van der Waals surface area contributed by atoms with Crippen LogP contribution < -0.4 is 5.56 Å². The van der Waals surface area contributed by atoms with Crippen LogP contribution in [0.1, 0.15) is 44.7 Å². The Bertz CT molecular complexity index is 1140. The number of fused-ring (bicyclic) bond motifs is 2. The predicted octanol–water partition coefficient (Wildman–Crippen LogP) is 3.58. The van der Waals surface area contributed by atoms with Crippen LogP contribution in [0.5, 0.6) is 0 Å². The van der Waals surface area contributed by atoms with Crippen LogP contribution in [0.25, 0.3) is 16.7 Å². The average molecular weight is 426 g/mol. The number of unbranched alkanes of at least 4 members (excludes halogenated alkanes) is 1. The van der Waals surface area contributed by atoms with Crippen molar-refractivity contribution in [3.63, 3.8) is 0 Å². The molecule has 7 nitrogen and oxygen atoms in total. The van der Waals surface area contributed by atoms with Crippen LogP contribution in [0.4, 0.5) is 0 Å². The van der Waals surface area contributed by atoms with Gasteiger partial charge in [0.1, 0.15) is 5.39 Å². The molecule has 0 aliphatic carbocycles. The van der Waals surface area contributed by atoms with Crippen molar-refractivity contribution in [3.05, 3.63) is 46.4 Å². The van der Waals surface area contributed by atoms with Crippen molar-refractivity contribution in [1.29, 1.82) is 0 Å². The molecule has 0 N–H and O–H groups in total. The van der Waals surface area contributed by atoms with Crippen LogP contribution in [0.3, 0.4) is 0 Å². The molecule has 8 heteroatoms. The number of rotatable bonds is 7. The van der Waals surface area contributed by atoms with Crippen molar-refractivity contribution in [2.24, 2.45) is 0 Å². The maximum Gasteiger partial charge on any atom is 0.265 e. The van der Waals surface area contributed by atoms with Crippen molar-refractivity contribution in [1.82, 2.24) is 24.2 Å². The Kier molecular flexibility index (Phi) is 5.94. The number of thioether (sulfide) groups is 1. The van der Waals surface area contributed by atoms with Gasteiger partial charge in [-0.05, 0) is 38.0 Å². The van der Waals surface area contributed by atoms with Crippen LogP contribution >= 0.6 is 11.8 Å². The number of amides is 1. The summed E-state index contributed by atoms with van der Waals surface area (Å²) in [5.74, 6) is 0.788. The zero-order chi connectivity index (χ0) is 21.3. The zero-order valence-electron chi connectivity index (χ0n) is 17.7. The average Bonchev–Trinajstić information content (AvgIpc) is 3.33. The van der Waals surface area contributed by atoms with Crippen molar-refractivity contribution in [3.8, 4) is 5.69 Å². The van der Waals surface area contributed by atoms with Gasteiger partial charge in [-0.15, -0.1) is 0 Å². The zero-order valence-corrected chi connectivity index (χ0v) is 18.5. The van der Waals surface area contributed by atoms with E-state index in [0.29, 0.717) is 34.9 Å². The molecule has 1 aromatic carbocycles. The van der Waals surface area contributed by atoms with Crippen molar-refractivity contribution in [2.45, 2.75) is 51.2 Å². The summed E-state index contributed by atoms with van der Waals surface area (Å²) >= 11 is 1.53. The lowest BCUT2D eigenvalue weighted by atomic mass is 10.2. The first-order valence-electron chi connectivity index (χ1n) is 10.5. The fraction of sp³-hybridized carbons (Fsp3) is 0.455. The molecule has 0 bridgehead atoms. The van der Waals surface area contributed by atoms with E-state index in [2.05, 4.69) is 12.0 Å². The first-order chi connectivity index (χ1) is 14.5. The van der Waals surface area contributed by atoms with Crippen LogP contribution in [0, 0.1) is 6.92 Å². The number of hydrogen-bond acceptors (Lipinski definition) is 5. The molecule has 1 amide bonds. The van der Waals surface area contributed by atoms with Gasteiger partial charge in [-0.25, -0.2) is 9.67 Å². The van der Waals surface area contributed by atoms with Gasteiger partial charge in [-0.2, -0.15) is 5.10 Å². The van der Waals surface area contributed by atoms with Crippen LogP contribution in [-0.2, 0) is 4.79 Å². The molecule has 1 atom stereocenters. The summed E-state index contributed by atoms with van der Waals surface area (Å²) in [5, 5.41) is 5.57. The molecule has 3 aromatic rings. The Balaban J connectivity index is 1.66. The van der Waals surface area contributed by atoms with Crippen molar-refractivity contribution in [2.75, 3.05) is 18.8 Å². The van der Waals surface area contributed by atoms with Gasteiger partial charge in [0.2, 0.25) is 5.91 Å². The Morgan fingerprint density at radius 3 is 2.90 bits per heavy atom.